The van der Waals surface area contributed by atoms with Gasteiger partial charge in [0.2, 0.25) is 0 Å². The van der Waals surface area contributed by atoms with E-state index in [0.717, 1.165) is 43.3 Å². The van der Waals surface area contributed by atoms with E-state index in [-0.39, 0.29) is 25.2 Å². The van der Waals surface area contributed by atoms with Crippen molar-refractivity contribution in [3.63, 3.8) is 0 Å². The number of nitrogens with one attached hydrogen (secondary N) is 2. The normalized spacial score (nSPS) is 17.4. The molecule has 2 aliphatic rings. The molecule has 3 aromatic rings. The van der Waals surface area contributed by atoms with Crippen LogP contribution in [0, 0.1) is 11.6 Å². The Morgan fingerprint density at radius 1 is 1.14 bits per heavy atom. The highest BCUT2D eigenvalue weighted by Gasteiger charge is 2.35. The molecule has 0 radical (unpaired) electrons. The van der Waals surface area contributed by atoms with Crippen molar-refractivity contribution in [2.24, 2.45) is 0 Å². The fourth-order valence-electron chi connectivity index (χ4n) is 4.97. The average Bonchev–Trinajstić information content (AvgIpc) is 3.27. The van der Waals surface area contributed by atoms with Crippen LogP contribution in [0.4, 0.5) is 27.6 Å². The first kappa shape index (κ1) is 33.3. The van der Waals surface area contributed by atoms with Gasteiger partial charge in [0.05, 0.1) is 19.3 Å². The van der Waals surface area contributed by atoms with Crippen molar-refractivity contribution in [2.75, 3.05) is 44.8 Å². The number of para-hydroxylation sites is 1. The molecule has 232 valence electrons. The van der Waals surface area contributed by atoms with Crippen molar-refractivity contribution in [3.8, 4) is 0 Å². The first-order chi connectivity index (χ1) is 19.9. The van der Waals surface area contributed by atoms with Gasteiger partial charge < -0.3 is 20.5 Å². The molecule has 2 aliphatic heterocycles. The van der Waals surface area contributed by atoms with Gasteiger partial charge >= 0.3 is 5.97 Å². The largest absolute Gasteiger partial charge is 0.481 e. The molecule has 42 heavy (non-hydrogen) atoms. The molecule has 0 saturated carbocycles. The van der Waals surface area contributed by atoms with Crippen molar-refractivity contribution in [3.05, 3.63) is 65.4 Å². The number of benzene rings is 2. The van der Waals surface area contributed by atoms with E-state index in [2.05, 4.69) is 21.3 Å². The predicted octanol–water partition coefficient (Wildman–Crippen LogP) is 5.44. The van der Waals surface area contributed by atoms with E-state index in [0.29, 0.717) is 18.7 Å². The number of anilines is 1. The first-order valence-electron chi connectivity index (χ1n) is 14.0. The molecule has 1 saturated heterocycles. The van der Waals surface area contributed by atoms with Crippen LogP contribution in [0.2, 0.25) is 0 Å². The van der Waals surface area contributed by atoms with E-state index in [4.69, 9.17) is 10.2 Å². The lowest BCUT2D eigenvalue weighted by Crippen LogP contribution is -2.54. The van der Waals surface area contributed by atoms with E-state index >= 15 is 0 Å². The lowest BCUT2D eigenvalue weighted by Gasteiger charge is -2.40. The Kier molecular flexibility index (Phi) is 12.1. The SMILES string of the molecule is CC1Cc2c([nH]c3ccccc23)CN1CC(F)(F)CO.CCC(=O)O.FCCCN1CC(Nc2cc(F)cc(F)c2)C1. The molecule has 1 unspecified atom stereocenters. The predicted molar refractivity (Wildman–Crippen MR) is 153 cm³/mol. The number of aromatic nitrogens is 1. The standard InChI is InChI=1S/C15H18F2N2O.C12H15F3N2.C3H6O2/c1-10-6-12-11-4-2-3-5-13(11)18-14(12)7-19(10)8-15(16,17)9-20;13-2-1-3-17-7-12(8-17)16-11-5-9(14)4-10(15)6-11;1-2-3(4)5/h2-5,10,18,20H,6-9H2,1H3;4-6,12,16H,1-3,7-8H2;2H2,1H3,(H,4,5). The zero-order valence-corrected chi connectivity index (χ0v) is 23.9. The Morgan fingerprint density at radius 3 is 2.38 bits per heavy atom. The molecule has 5 rings (SSSR count). The topological polar surface area (TPSA) is 91.8 Å². The van der Waals surface area contributed by atoms with Gasteiger partial charge in [-0.1, -0.05) is 25.1 Å². The molecule has 0 spiro atoms. The van der Waals surface area contributed by atoms with Crippen LogP contribution in [-0.4, -0.2) is 88.4 Å². The van der Waals surface area contributed by atoms with Crippen LogP contribution in [-0.2, 0) is 17.8 Å². The third kappa shape index (κ3) is 9.67. The van der Waals surface area contributed by atoms with Crippen molar-refractivity contribution >= 4 is 22.6 Å². The second-order valence-electron chi connectivity index (χ2n) is 10.6. The number of fused-ring (bicyclic) bond motifs is 3. The van der Waals surface area contributed by atoms with E-state index in [1.807, 2.05) is 25.1 Å². The number of H-pyrrole nitrogens is 1. The highest BCUT2D eigenvalue weighted by molar-refractivity contribution is 5.84. The number of hydrogen-bond donors (Lipinski definition) is 4. The van der Waals surface area contributed by atoms with E-state index < -0.39 is 36.7 Å². The van der Waals surface area contributed by atoms with Gasteiger partial charge in [0.15, 0.2) is 0 Å². The van der Waals surface area contributed by atoms with Crippen LogP contribution in [0.5, 0.6) is 0 Å². The smallest absolute Gasteiger partial charge is 0.303 e. The number of carboxylic acids is 1. The molecule has 4 N–H and O–H groups in total. The highest BCUT2D eigenvalue weighted by Crippen LogP contribution is 2.31. The third-order valence-electron chi connectivity index (χ3n) is 7.15. The van der Waals surface area contributed by atoms with Gasteiger partial charge in [0.25, 0.3) is 5.92 Å². The lowest BCUT2D eigenvalue weighted by molar-refractivity contribution is -0.136. The van der Waals surface area contributed by atoms with Gasteiger partial charge in [-0.05, 0) is 43.5 Å². The average molecular weight is 599 g/mol. The molecular formula is C30H39F5N4O3. The third-order valence-corrected chi connectivity index (χ3v) is 7.15. The maximum absolute atomic E-state index is 13.4. The minimum atomic E-state index is -3.04. The molecule has 0 amide bonds. The minimum Gasteiger partial charge on any atom is -0.481 e. The molecule has 1 atom stereocenters. The molecule has 2 aromatic carbocycles. The van der Waals surface area contributed by atoms with Gasteiger partial charge in [0.1, 0.15) is 18.2 Å². The highest BCUT2D eigenvalue weighted by atomic mass is 19.3. The molecular weight excluding hydrogens is 559 g/mol. The number of rotatable bonds is 9. The summed E-state index contributed by atoms with van der Waals surface area (Å²) in [5.41, 5.74) is 3.76. The summed E-state index contributed by atoms with van der Waals surface area (Å²) in [4.78, 5) is 16.5. The number of carbonyl (C=O) groups is 1. The summed E-state index contributed by atoms with van der Waals surface area (Å²) in [7, 11) is 0. The van der Waals surface area contributed by atoms with Gasteiger partial charge in [-0.15, -0.1) is 0 Å². The number of nitrogens with zero attached hydrogens (tertiary/aromatic N) is 2. The second kappa shape index (κ2) is 15.3. The summed E-state index contributed by atoms with van der Waals surface area (Å²) in [6.45, 7) is 4.54. The summed E-state index contributed by atoms with van der Waals surface area (Å²) in [5.74, 6) is -4.95. The zero-order valence-electron chi connectivity index (χ0n) is 23.9. The summed E-state index contributed by atoms with van der Waals surface area (Å²) in [6.07, 6.45) is 1.52. The van der Waals surface area contributed by atoms with Gasteiger partial charge in [0, 0.05) is 67.0 Å². The van der Waals surface area contributed by atoms with E-state index in [9.17, 15) is 26.7 Å². The molecule has 0 bridgehead atoms. The maximum atomic E-state index is 13.4. The fourth-order valence-corrected chi connectivity index (χ4v) is 4.97. The Labute approximate surface area is 242 Å². The van der Waals surface area contributed by atoms with Crippen LogP contribution in [0.25, 0.3) is 10.9 Å². The number of aromatic amines is 1. The van der Waals surface area contributed by atoms with Crippen molar-refractivity contribution in [1.29, 1.82) is 0 Å². The van der Waals surface area contributed by atoms with Crippen LogP contribution in [0.15, 0.2) is 42.5 Å². The number of aliphatic hydroxyl groups excluding tert-OH is 1. The summed E-state index contributed by atoms with van der Waals surface area (Å²) < 4.78 is 64.5. The number of carboxylic acid groups (broad SMARTS) is 1. The quantitative estimate of drug-likeness (QED) is 0.245. The number of likely N-dealkylation sites (tertiary alicyclic amines) is 1. The lowest BCUT2D eigenvalue weighted by atomic mass is 9.97. The van der Waals surface area contributed by atoms with E-state index in [1.54, 1.807) is 11.8 Å². The Bertz CT molecular complexity index is 1280. The van der Waals surface area contributed by atoms with E-state index in [1.165, 1.54) is 23.1 Å². The molecule has 0 aliphatic carbocycles. The Morgan fingerprint density at radius 2 is 1.79 bits per heavy atom. The van der Waals surface area contributed by atoms with Crippen molar-refractivity contribution < 1.29 is 37.0 Å². The van der Waals surface area contributed by atoms with Crippen molar-refractivity contribution in [2.45, 2.75) is 57.7 Å². The number of alkyl halides is 3. The first-order valence-corrected chi connectivity index (χ1v) is 14.0. The van der Waals surface area contributed by atoms with Crippen LogP contribution < -0.4 is 5.32 Å². The summed E-state index contributed by atoms with van der Waals surface area (Å²) in [5, 5.41) is 20.7. The fraction of sp³-hybridized carbons (Fsp3) is 0.500. The van der Waals surface area contributed by atoms with Crippen molar-refractivity contribution in [1.82, 2.24) is 14.8 Å². The monoisotopic (exact) mass is 598 g/mol. The maximum Gasteiger partial charge on any atom is 0.303 e. The zero-order chi connectivity index (χ0) is 30.9. The molecule has 1 aromatic heterocycles. The van der Waals surface area contributed by atoms with Crippen LogP contribution in [0.1, 0.15) is 37.9 Å². The van der Waals surface area contributed by atoms with Crippen LogP contribution >= 0.6 is 0 Å². The number of aliphatic hydroxyl groups is 1. The summed E-state index contributed by atoms with van der Waals surface area (Å²) in [6, 6.07) is 11.6. The Balaban J connectivity index is 0.000000201. The number of aliphatic carboxylic acids is 1. The molecule has 3 heterocycles. The second-order valence-corrected chi connectivity index (χ2v) is 10.6. The minimum absolute atomic E-state index is 0.0409. The van der Waals surface area contributed by atoms with Crippen LogP contribution in [0.3, 0.4) is 0 Å². The molecule has 1 fully saturated rings. The Hall–Kier alpha value is -3.22. The molecule has 7 nitrogen and oxygen atoms in total. The van der Waals surface area contributed by atoms with Gasteiger partial charge in [-0.25, -0.2) is 17.6 Å². The van der Waals surface area contributed by atoms with Gasteiger partial charge in [-0.3, -0.25) is 19.0 Å². The van der Waals surface area contributed by atoms with Gasteiger partial charge in [-0.2, -0.15) is 0 Å². The summed E-state index contributed by atoms with van der Waals surface area (Å²) >= 11 is 0. The molecule has 12 heteroatoms. The number of halogens is 5. The number of hydrogen-bond acceptors (Lipinski definition) is 5.